The van der Waals surface area contributed by atoms with E-state index in [4.69, 9.17) is 11.6 Å². The lowest BCUT2D eigenvalue weighted by atomic mass is 10.1. The maximum absolute atomic E-state index is 6.04. The van der Waals surface area contributed by atoms with E-state index in [1.807, 2.05) is 25.1 Å². The Bertz CT molecular complexity index is 921. The van der Waals surface area contributed by atoms with Gasteiger partial charge in [0.05, 0.1) is 11.2 Å². The summed E-state index contributed by atoms with van der Waals surface area (Å²) >= 11 is 0. The van der Waals surface area contributed by atoms with Crippen molar-refractivity contribution in [3.8, 4) is 0 Å². The van der Waals surface area contributed by atoms with Crippen LogP contribution < -0.4 is 16.9 Å². The van der Waals surface area contributed by atoms with Crippen molar-refractivity contribution in [2.45, 2.75) is 33.4 Å². The number of anilines is 1. The van der Waals surface area contributed by atoms with Gasteiger partial charge < -0.3 is 16.9 Å². The molecule has 5 N–H and O–H groups in total. The first-order chi connectivity index (χ1) is 11.9. The van der Waals surface area contributed by atoms with Crippen LogP contribution in [0.4, 0.5) is 5.69 Å². The lowest BCUT2D eigenvalue weighted by Crippen LogP contribution is -2.21. The van der Waals surface area contributed by atoms with E-state index in [1.165, 1.54) is 10.4 Å². The third kappa shape index (κ3) is 3.83. The molecule has 130 valence electrons. The van der Waals surface area contributed by atoms with Gasteiger partial charge in [-0.25, -0.2) is 0 Å². The molecule has 0 aliphatic rings. The number of hydrogen-bond acceptors (Lipinski definition) is 4. The molecule has 0 saturated heterocycles. The number of benzene rings is 2. The maximum Gasteiger partial charge on any atom is 0.0951 e. The highest BCUT2D eigenvalue weighted by Gasteiger charge is 2.09. The number of nitrogens with zero attached hydrogens (tertiary/aromatic N) is 2. The topological polar surface area (TPSA) is 81.9 Å². The summed E-state index contributed by atoms with van der Waals surface area (Å²) in [5, 5.41) is 8.80. The van der Waals surface area contributed by atoms with Crippen LogP contribution >= 0.6 is 0 Å². The molecule has 0 aliphatic carbocycles. The lowest BCUT2D eigenvalue weighted by Gasteiger charge is -2.08. The molecule has 0 aliphatic heterocycles. The first-order valence-corrected chi connectivity index (χ1v) is 8.48. The molecule has 0 saturated carbocycles. The van der Waals surface area contributed by atoms with Crippen molar-refractivity contribution >= 4 is 28.7 Å². The van der Waals surface area contributed by atoms with Crippen molar-refractivity contribution in [3.63, 3.8) is 0 Å². The summed E-state index contributed by atoms with van der Waals surface area (Å²) in [6.07, 6.45) is 4.03. The molecule has 25 heavy (non-hydrogen) atoms. The van der Waals surface area contributed by atoms with E-state index in [0.29, 0.717) is 6.04 Å². The van der Waals surface area contributed by atoms with Crippen LogP contribution in [0.25, 0.3) is 23.1 Å². The fraction of sp³-hybridized carbons (Fsp3) is 0.250. The van der Waals surface area contributed by atoms with Gasteiger partial charge in [0, 0.05) is 23.7 Å². The SMILES string of the molecule is Cc1cc2c(cc1N)c(/C=C/c1cccc(CNC(C)C)c1)nn2N. The van der Waals surface area contributed by atoms with Gasteiger partial charge in [-0.15, -0.1) is 0 Å². The van der Waals surface area contributed by atoms with E-state index < -0.39 is 0 Å². The van der Waals surface area contributed by atoms with Crippen LogP contribution in [0.5, 0.6) is 0 Å². The molecule has 0 spiro atoms. The van der Waals surface area contributed by atoms with Crippen molar-refractivity contribution in [2.24, 2.45) is 0 Å². The van der Waals surface area contributed by atoms with Crippen LogP contribution in [-0.2, 0) is 6.54 Å². The Kier molecular flexibility index (Phi) is 4.76. The molecule has 1 heterocycles. The number of aryl methyl sites for hydroxylation is 1. The molecule has 0 amide bonds. The Hall–Kier alpha value is -2.79. The Labute approximate surface area is 148 Å². The number of nitrogens with two attached hydrogens (primary N) is 2. The number of nitrogens with one attached hydrogen (secondary N) is 1. The van der Waals surface area contributed by atoms with E-state index in [0.717, 1.165) is 40.0 Å². The highest BCUT2D eigenvalue weighted by Crippen LogP contribution is 2.25. The van der Waals surface area contributed by atoms with Crippen LogP contribution in [0.1, 0.15) is 36.2 Å². The van der Waals surface area contributed by atoms with Crippen LogP contribution in [0.2, 0.25) is 0 Å². The smallest absolute Gasteiger partial charge is 0.0951 e. The fourth-order valence-electron chi connectivity index (χ4n) is 2.75. The Morgan fingerprint density at radius 1 is 1.20 bits per heavy atom. The fourth-order valence-corrected chi connectivity index (χ4v) is 2.75. The van der Waals surface area contributed by atoms with Crippen molar-refractivity contribution in [2.75, 3.05) is 11.6 Å². The number of hydrogen-bond donors (Lipinski definition) is 3. The second-order valence-corrected chi connectivity index (χ2v) is 6.67. The van der Waals surface area contributed by atoms with Gasteiger partial charge in [0.15, 0.2) is 0 Å². The Morgan fingerprint density at radius 3 is 2.76 bits per heavy atom. The zero-order chi connectivity index (χ0) is 18.0. The molecule has 5 heteroatoms. The van der Waals surface area contributed by atoms with Crippen molar-refractivity contribution in [1.29, 1.82) is 0 Å². The quantitative estimate of drug-likeness (QED) is 0.493. The molecule has 3 rings (SSSR count). The molecular formula is C20H25N5. The molecule has 3 aromatic rings. The molecule has 0 fully saturated rings. The van der Waals surface area contributed by atoms with E-state index >= 15 is 0 Å². The van der Waals surface area contributed by atoms with Crippen LogP contribution in [-0.4, -0.2) is 15.9 Å². The molecule has 5 nitrogen and oxygen atoms in total. The van der Waals surface area contributed by atoms with E-state index in [2.05, 4.69) is 54.6 Å². The van der Waals surface area contributed by atoms with E-state index in [-0.39, 0.29) is 0 Å². The van der Waals surface area contributed by atoms with E-state index in [9.17, 15) is 0 Å². The Morgan fingerprint density at radius 2 is 2.00 bits per heavy atom. The molecule has 0 radical (unpaired) electrons. The van der Waals surface area contributed by atoms with Crippen LogP contribution in [0.15, 0.2) is 36.4 Å². The summed E-state index contributed by atoms with van der Waals surface area (Å²) < 4.78 is 0. The zero-order valence-electron chi connectivity index (χ0n) is 15.0. The predicted octanol–water partition coefficient (Wildman–Crippen LogP) is 3.31. The monoisotopic (exact) mass is 335 g/mol. The number of fused-ring (bicyclic) bond motifs is 1. The van der Waals surface area contributed by atoms with Crippen molar-refractivity contribution < 1.29 is 0 Å². The summed E-state index contributed by atoms with van der Waals surface area (Å²) in [5.41, 5.74) is 11.9. The molecule has 1 aromatic heterocycles. The summed E-state index contributed by atoms with van der Waals surface area (Å²) in [4.78, 5) is 1.41. The minimum absolute atomic E-state index is 0.466. The number of rotatable bonds is 5. The average molecular weight is 335 g/mol. The summed E-state index contributed by atoms with van der Waals surface area (Å²) in [7, 11) is 0. The van der Waals surface area contributed by atoms with E-state index in [1.54, 1.807) is 0 Å². The summed E-state index contributed by atoms with van der Waals surface area (Å²) in [5.74, 6) is 5.98. The number of nitrogen functional groups attached to an aromatic ring is 2. The van der Waals surface area contributed by atoms with Gasteiger partial charge in [0.2, 0.25) is 0 Å². The van der Waals surface area contributed by atoms with Crippen molar-refractivity contribution in [1.82, 2.24) is 15.2 Å². The second-order valence-electron chi connectivity index (χ2n) is 6.67. The summed E-state index contributed by atoms with van der Waals surface area (Å²) in [6, 6.07) is 12.8. The van der Waals surface area contributed by atoms with Gasteiger partial charge in [0.1, 0.15) is 0 Å². The second kappa shape index (κ2) is 6.99. The van der Waals surface area contributed by atoms with Gasteiger partial charge in [0.25, 0.3) is 0 Å². The minimum Gasteiger partial charge on any atom is -0.398 e. The number of aromatic nitrogens is 2. The largest absolute Gasteiger partial charge is 0.398 e. The predicted molar refractivity (Wildman–Crippen MR) is 106 cm³/mol. The molecular weight excluding hydrogens is 310 g/mol. The molecule has 0 bridgehead atoms. The maximum atomic E-state index is 6.04. The first-order valence-electron chi connectivity index (χ1n) is 8.48. The Balaban J connectivity index is 1.88. The van der Waals surface area contributed by atoms with Gasteiger partial charge >= 0.3 is 0 Å². The highest BCUT2D eigenvalue weighted by atomic mass is 15.5. The highest BCUT2D eigenvalue weighted by molar-refractivity contribution is 5.92. The van der Waals surface area contributed by atoms with Gasteiger partial charge in [-0.1, -0.05) is 44.2 Å². The molecule has 0 unspecified atom stereocenters. The third-order valence-electron chi connectivity index (χ3n) is 4.22. The summed E-state index contributed by atoms with van der Waals surface area (Å²) in [6.45, 7) is 7.11. The van der Waals surface area contributed by atoms with Gasteiger partial charge in [-0.2, -0.15) is 9.89 Å². The zero-order valence-corrected chi connectivity index (χ0v) is 15.0. The molecule has 2 aromatic carbocycles. The van der Waals surface area contributed by atoms with Crippen LogP contribution in [0, 0.1) is 6.92 Å². The third-order valence-corrected chi connectivity index (χ3v) is 4.22. The minimum atomic E-state index is 0.466. The van der Waals surface area contributed by atoms with Gasteiger partial charge in [-0.05, 0) is 41.8 Å². The lowest BCUT2D eigenvalue weighted by molar-refractivity contribution is 0.589. The first kappa shape index (κ1) is 17.0. The standard InChI is InChI=1S/C20H25N5/c1-13(2)23-12-16-6-4-5-15(10-16)7-8-19-17-11-18(21)14(3)9-20(17)25(22)24-19/h4-11,13,23H,12,21-22H2,1-3H3/b8-7+. The normalized spacial score (nSPS) is 11.8. The average Bonchev–Trinajstić information content (AvgIpc) is 2.87. The molecule has 0 atom stereocenters. The van der Waals surface area contributed by atoms with Gasteiger partial charge in [-0.3, -0.25) is 0 Å². The van der Waals surface area contributed by atoms with Crippen LogP contribution in [0.3, 0.4) is 0 Å². The van der Waals surface area contributed by atoms with Crippen molar-refractivity contribution in [3.05, 3.63) is 58.8 Å².